The van der Waals surface area contributed by atoms with E-state index in [1.807, 2.05) is 20.8 Å². The summed E-state index contributed by atoms with van der Waals surface area (Å²) in [7, 11) is -20.3. The molecule has 4 bridgehead atoms. The number of alkyl halides is 43. The summed E-state index contributed by atoms with van der Waals surface area (Å²) in [5.41, 5.74) is -0.595. The molecule has 0 aromatic heterocycles. The van der Waals surface area contributed by atoms with E-state index in [4.69, 9.17) is 23.2 Å². The van der Waals surface area contributed by atoms with E-state index in [2.05, 4.69) is 4.74 Å². The summed E-state index contributed by atoms with van der Waals surface area (Å²) in [4.78, 5) is 19.8. The quantitative estimate of drug-likeness (QED) is 0.0900. The Kier molecular flexibility index (Phi) is 74.8. The van der Waals surface area contributed by atoms with Gasteiger partial charge in [0.2, 0.25) is 37.4 Å². The van der Waals surface area contributed by atoms with Gasteiger partial charge in [-0.05, 0) is 169 Å². The van der Waals surface area contributed by atoms with Crippen molar-refractivity contribution in [3.05, 3.63) is 0 Å². The van der Waals surface area contributed by atoms with Gasteiger partial charge in [0.1, 0.15) is 6.10 Å². The molecule has 142 heavy (non-hydrogen) atoms. The first-order valence-electron chi connectivity index (χ1n) is 42.1. The summed E-state index contributed by atoms with van der Waals surface area (Å²) >= 11 is 0. The first-order chi connectivity index (χ1) is 62.3. The number of rotatable bonds is 14. The molecule has 0 aliphatic heterocycles. The van der Waals surface area contributed by atoms with Crippen molar-refractivity contribution < 1.29 is 254 Å². The zero-order valence-electron chi connectivity index (χ0n) is 80.6. The average molecular weight is 2290 g/mol. The molecule has 0 N–H and O–H groups in total. The second kappa shape index (κ2) is 66.5. The Bertz CT molecular complexity index is 3710. The van der Waals surface area contributed by atoms with Gasteiger partial charge in [-0.3, -0.25) is 13.6 Å². The molecular weight excluding hydrogens is 2160 g/mol. The number of hydrogen-bond donors (Lipinski definition) is 0. The molecule has 8 aliphatic rings. The van der Waals surface area contributed by atoms with Crippen LogP contribution in [-0.2, 0) is 54.4 Å². The van der Waals surface area contributed by atoms with Crippen LogP contribution in [0.5, 0.6) is 0 Å². The van der Waals surface area contributed by atoms with Gasteiger partial charge >= 0.3 is 103 Å². The summed E-state index contributed by atoms with van der Waals surface area (Å²) in [6, 6.07) is 1.75. The highest BCUT2D eigenvalue weighted by atomic mass is 32.3. The third-order valence-electron chi connectivity index (χ3n) is 18.5. The van der Waals surface area contributed by atoms with Crippen molar-refractivity contribution in [2.75, 3.05) is 32.9 Å². The van der Waals surface area contributed by atoms with Gasteiger partial charge in [-0.15, -0.1) is 8.28 Å². The number of halogens is 46. The molecule has 0 unspecified atom stereocenters. The van der Waals surface area contributed by atoms with Crippen LogP contribution in [0, 0.1) is 40.4 Å². The van der Waals surface area contributed by atoms with Crippen LogP contribution in [0.25, 0.3) is 0 Å². The van der Waals surface area contributed by atoms with Gasteiger partial charge in [0.05, 0.1) is 37.5 Å². The van der Waals surface area contributed by atoms with Gasteiger partial charge in [0.25, 0.3) is 17.8 Å². The number of nitrogens with zero attached hydrogens (tertiary/aromatic N) is 1. The summed E-state index contributed by atoms with van der Waals surface area (Å²) in [5, 5.41) is -11.7. The Hall–Kier alpha value is -4.99. The third kappa shape index (κ3) is 73.2. The van der Waals surface area contributed by atoms with Crippen molar-refractivity contribution in [1.29, 1.82) is 5.26 Å². The van der Waals surface area contributed by atoms with Gasteiger partial charge in [-0.1, -0.05) is 76.5 Å². The van der Waals surface area contributed by atoms with Crippen LogP contribution >= 0.6 is 0 Å². The molecule has 8 saturated carbocycles. The van der Waals surface area contributed by atoms with Crippen molar-refractivity contribution in [1.82, 2.24) is 0 Å². The lowest BCUT2D eigenvalue weighted by Gasteiger charge is -2.58. The highest BCUT2D eigenvalue weighted by Crippen LogP contribution is 2.65. The van der Waals surface area contributed by atoms with E-state index in [9.17, 15) is 231 Å². The number of carbonyl (C=O) groups is 2. The van der Waals surface area contributed by atoms with Crippen molar-refractivity contribution in [2.45, 2.75) is 421 Å². The topological polar surface area (TPSA) is 213 Å². The highest BCUT2D eigenvalue weighted by molar-refractivity contribution is 7.93. The van der Waals surface area contributed by atoms with Crippen LogP contribution in [-0.4, -0.2) is 201 Å². The van der Waals surface area contributed by atoms with Crippen molar-refractivity contribution >= 4 is 52.3 Å². The largest absolute Gasteiger partial charge is 0.495 e. The van der Waals surface area contributed by atoms with E-state index in [-0.39, 0.29) is 65.5 Å². The number of ether oxygens (including phenoxy) is 2. The third-order valence-corrected chi connectivity index (χ3v) is 24.7. The zero-order chi connectivity index (χ0) is 117. The Morgan fingerprint density at radius 1 is 0.437 bits per heavy atom. The number of methoxy groups -OCH3 is 1. The van der Waals surface area contributed by atoms with Crippen molar-refractivity contribution in [3.63, 3.8) is 0 Å². The van der Waals surface area contributed by atoms with Crippen LogP contribution < -0.4 is 0 Å². The summed E-state index contributed by atoms with van der Waals surface area (Å²) in [6.45, 7) is 14.7. The first-order valence-corrected chi connectivity index (χ1v) is 48.1. The van der Waals surface area contributed by atoms with Crippen LogP contribution in [0.1, 0.15) is 298 Å². The molecule has 0 aromatic rings. The molecule has 8 aliphatic carbocycles. The number of esters is 1. The minimum Gasteiger partial charge on any atom is -0.462 e. The lowest BCUT2D eigenvalue weighted by molar-refractivity contribution is -0.349. The molecule has 8 fully saturated rings. The smallest absolute Gasteiger partial charge is 0.462 e. The maximum atomic E-state index is 13.7. The van der Waals surface area contributed by atoms with E-state index in [0.717, 1.165) is 125 Å². The lowest BCUT2D eigenvalue weighted by Crippen LogP contribution is -2.58. The van der Waals surface area contributed by atoms with E-state index in [0.29, 0.717) is 43.9 Å². The molecule has 0 spiro atoms. The fraction of sp³-hybridized carbons (Fsp3) is 0.962. The molecule has 0 radical (unpaired) electrons. The number of sulfone groups is 2. The van der Waals surface area contributed by atoms with Gasteiger partial charge in [-0.2, -0.15) is 136 Å². The Morgan fingerprint density at radius 3 is 0.845 bits per heavy atom. The molecule has 0 heterocycles. The molecular formula is C79H127F46NO12S4. The minimum atomic E-state index is -6.92. The Labute approximate surface area is 797 Å². The normalized spacial score (nSPS) is 19.8. The SMILES string of the molecule is CC.CC#N.CC(C)(F)F.CC(F)(F)C(F)(F)C(F)(F)F.CC(F)(F)C(F)(F)CF.CC(F)(F)C(F)(F)F.CC(F)(F)C12CC3CC(CC(C3)C1)C2.CC(F)(F)C1CCCCC1.CC(F)(F)F.CC(F)(F)S(=O)(=O)C1C(F)(F)CCCC1(F)F.CC(F)(F)S(=O)(=O)C1CCCCC1.CCC(=O)OC1CCCCC1.CCC(C)(F)F.CCF.CCF.CCS(=O)(=O)F.COC(=O)F.O=S(=O)(F)C(F)(F)C(F)(F)F. The molecule has 0 amide bonds. The molecule has 0 saturated heterocycles. The molecule has 0 aromatic carbocycles. The Morgan fingerprint density at radius 2 is 0.697 bits per heavy atom. The second-order valence-electron chi connectivity index (χ2n) is 32.3. The van der Waals surface area contributed by atoms with E-state index >= 15 is 0 Å². The van der Waals surface area contributed by atoms with E-state index < -0.39 is 206 Å². The average Bonchev–Trinajstić information content (AvgIpc) is 0.730. The highest BCUT2D eigenvalue weighted by Gasteiger charge is 2.72. The van der Waals surface area contributed by atoms with Crippen LogP contribution in [0.3, 0.4) is 0 Å². The molecule has 13 nitrogen and oxygen atoms in total. The van der Waals surface area contributed by atoms with Gasteiger partial charge in [0, 0.05) is 85.5 Å². The fourth-order valence-corrected chi connectivity index (χ4v) is 15.0. The molecule has 866 valence electrons. The van der Waals surface area contributed by atoms with Crippen molar-refractivity contribution in [2.24, 2.45) is 29.1 Å². The van der Waals surface area contributed by atoms with Crippen LogP contribution in [0.15, 0.2) is 0 Å². The predicted octanol–water partition coefficient (Wildman–Crippen LogP) is 33.1. The molecule has 0 atom stereocenters. The lowest BCUT2D eigenvalue weighted by atomic mass is 9.48. The van der Waals surface area contributed by atoms with E-state index in [1.165, 1.54) is 73.1 Å². The first kappa shape index (κ1) is 160. The number of carbonyl (C=O) groups excluding carboxylic acids is 2. The fourth-order valence-electron chi connectivity index (χ4n) is 11.7. The maximum absolute atomic E-state index is 13.7. The van der Waals surface area contributed by atoms with Gasteiger partial charge < -0.3 is 9.47 Å². The Balaban J connectivity index is -0.000000145. The monoisotopic (exact) mass is 2280 g/mol. The zero-order valence-corrected chi connectivity index (χ0v) is 83.9. The predicted molar refractivity (Wildman–Crippen MR) is 435 cm³/mol. The maximum Gasteiger partial charge on any atom is 0.495 e. The standard InChI is InChI=1S/C12H18F2.C9H16O2.C8H10F6O2S.C8H14F2O2S.C8H14F2.C4H3F7.C4H5F5.C4H8F2.C3H3F5.C3H6F2.C2F6O2S.C2H3F3.C2H5FO2S.C2H3FO2.2C2H5F.C2H3N.C2H6/c1-11(13,14)12-5-8-2-9(6-12)4-10(3-8)7-12;1-2-9(10)11-8-6-4-3-5-7-8;1-6(9,10)17(15,16)5-7(11,12)3-2-4-8(5,13)14;1-8(9,10)13(11,12)7-5-3-2-4-6-7;1-8(9,10)7-5-3-2-4-6-7;1-2(5,6)3(7,8)4(9,10)11;1-3(6,7)4(8,9)2-5;1-3-4(2,5)6;1-2(4,5)3(6,7)8;1-3(2,4)5;3-1(4,5)2(6,7)11(8,9)10;1-2(3,4)5;1-2-6(3,4)5;1-5-2(3)4;3*1-2-3;1-2/h8-10H,2-7H2,1H3;8H,2-7H2,1H3;5H,2-4H2,1H3;7H,2-6H2,1H3;7H,2-6H2,1H3;1H3;2H2,1H3;3H2,1-2H3;1H3;1-2H3;;1H3;2H2,1H3;1H3;2*2H2,1H3;1H3;1-2H3. The van der Waals surface area contributed by atoms with Crippen molar-refractivity contribution in [3.8, 4) is 6.07 Å². The molecule has 63 heteroatoms. The summed E-state index contributed by atoms with van der Waals surface area (Å²) in [6.07, 6.45) is -6.06. The molecule has 8 rings (SSSR count). The van der Waals surface area contributed by atoms with Crippen LogP contribution in [0.2, 0.25) is 0 Å². The second-order valence-corrected chi connectivity index (χ2v) is 40.1. The van der Waals surface area contributed by atoms with Gasteiger partial charge in [0.15, 0.2) is 11.9 Å². The number of nitriles is 1. The summed E-state index contributed by atoms with van der Waals surface area (Å²) < 4.78 is 623. The van der Waals surface area contributed by atoms with E-state index in [1.54, 1.807) is 6.07 Å². The van der Waals surface area contributed by atoms with Crippen LogP contribution in [0.4, 0.5) is 206 Å². The minimum absolute atomic E-state index is 0.0213. The summed E-state index contributed by atoms with van der Waals surface area (Å²) in [5.74, 6) is -41.8. The number of hydrogen-bond acceptors (Lipinski definition) is 13. The van der Waals surface area contributed by atoms with Gasteiger partial charge in [-0.25, -0.2) is 87.5 Å².